The van der Waals surface area contributed by atoms with Crippen molar-refractivity contribution in [1.82, 2.24) is 5.32 Å². The van der Waals surface area contributed by atoms with Crippen molar-refractivity contribution >= 4 is 17.7 Å². The molecule has 0 bridgehead atoms. The highest BCUT2D eigenvalue weighted by molar-refractivity contribution is 6.09. The predicted octanol–water partition coefficient (Wildman–Crippen LogP) is -0.555. The Morgan fingerprint density at radius 1 is 1.33 bits per heavy atom. The fraction of sp³-hybridized carbons (Fsp3) is 0.400. The zero-order valence-corrected chi connectivity index (χ0v) is 13.2. The molecule has 0 aromatic heterocycles. The van der Waals surface area contributed by atoms with Gasteiger partial charge in [0.25, 0.3) is 5.91 Å². The number of nitrogens with one attached hydrogen (secondary N) is 1. The topological polar surface area (TPSA) is 109 Å². The second-order valence-corrected chi connectivity index (χ2v) is 5.68. The van der Waals surface area contributed by atoms with E-state index in [1.807, 2.05) is 32.0 Å². The van der Waals surface area contributed by atoms with Crippen molar-refractivity contribution < 1.29 is 33.6 Å². The number of rotatable bonds is 3. The van der Waals surface area contributed by atoms with E-state index in [2.05, 4.69) is 28.2 Å². The Labute approximate surface area is 136 Å². The Morgan fingerprint density at radius 2 is 1.83 bits per heavy atom. The Balaban J connectivity index is 0.000000351. The van der Waals surface area contributed by atoms with E-state index in [9.17, 15) is 18.0 Å². The van der Waals surface area contributed by atoms with Crippen LogP contribution >= 0.6 is 0 Å². The fourth-order valence-electron chi connectivity index (χ4n) is 1.84. The van der Waals surface area contributed by atoms with E-state index in [4.69, 9.17) is 9.90 Å². The number of halogens is 3. The molecule has 6 nitrogen and oxygen atoms in total. The highest BCUT2D eigenvalue weighted by Gasteiger charge is 2.37. The first kappa shape index (κ1) is 19.6. The second kappa shape index (κ2) is 7.43. The summed E-state index contributed by atoms with van der Waals surface area (Å²) in [6, 6.07) is 10.1. The minimum absolute atomic E-state index is 0.0110. The van der Waals surface area contributed by atoms with Gasteiger partial charge in [-0.2, -0.15) is 13.2 Å². The number of aliphatic carboxylic acids is 1. The van der Waals surface area contributed by atoms with Gasteiger partial charge in [0.2, 0.25) is 0 Å². The molecular weight excluding hydrogens is 327 g/mol. The molecule has 0 spiro atoms. The number of quaternary nitrogens is 1. The lowest BCUT2D eigenvalue weighted by Crippen LogP contribution is -2.68. The van der Waals surface area contributed by atoms with Gasteiger partial charge in [-0.15, -0.1) is 0 Å². The van der Waals surface area contributed by atoms with Crippen molar-refractivity contribution in [2.75, 3.05) is 0 Å². The van der Waals surface area contributed by atoms with Crippen LogP contribution in [0.25, 0.3) is 0 Å². The van der Waals surface area contributed by atoms with Crippen molar-refractivity contribution in [3.05, 3.63) is 35.9 Å². The number of aliphatic imine (C=N–C) groups is 1. The summed E-state index contributed by atoms with van der Waals surface area (Å²) in [5.74, 6) is -2.36. The monoisotopic (exact) mass is 345 g/mol. The summed E-state index contributed by atoms with van der Waals surface area (Å²) >= 11 is 0. The largest absolute Gasteiger partial charge is 0.542 e. The lowest BCUT2D eigenvalue weighted by atomic mass is 10.1. The van der Waals surface area contributed by atoms with Gasteiger partial charge >= 0.3 is 6.18 Å². The zero-order chi connectivity index (χ0) is 18.5. The van der Waals surface area contributed by atoms with Crippen LogP contribution < -0.4 is 16.2 Å². The third-order valence-electron chi connectivity index (χ3n) is 3.14. The first-order chi connectivity index (χ1) is 10.9. The van der Waals surface area contributed by atoms with Crippen LogP contribution in [0.2, 0.25) is 0 Å². The molecule has 0 saturated heterocycles. The predicted molar refractivity (Wildman–Crippen MR) is 77.5 cm³/mol. The van der Waals surface area contributed by atoms with Gasteiger partial charge in [0.1, 0.15) is 17.6 Å². The van der Waals surface area contributed by atoms with Gasteiger partial charge in [0, 0.05) is 6.42 Å². The fourth-order valence-corrected chi connectivity index (χ4v) is 1.84. The molecule has 1 aliphatic heterocycles. The number of hydrogen-bond acceptors (Lipinski definition) is 4. The normalized spacial score (nSPS) is 17.2. The Morgan fingerprint density at radius 3 is 2.21 bits per heavy atom. The second-order valence-electron chi connectivity index (χ2n) is 5.68. The Kier molecular flexibility index (Phi) is 6.08. The standard InChI is InChI=1S/C13H17N3O.C2HF3O2/c1-13(2)12(17)15-11(16-13)10(14)8-9-6-4-3-5-7-9;3-2(4,5)1(6)7/h3-7,10H,8,14H2,1-2H3,(H,15,16,17);(H,6,7)/t10-;/m0./s1. The molecule has 2 rings (SSSR count). The van der Waals surface area contributed by atoms with Crippen LogP contribution in [-0.2, 0) is 16.0 Å². The Hall–Kier alpha value is -2.42. The summed E-state index contributed by atoms with van der Waals surface area (Å²) < 4.78 is 31.5. The molecule has 1 atom stereocenters. The van der Waals surface area contributed by atoms with E-state index in [1.165, 1.54) is 5.56 Å². The van der Waals surface area contributed by atoms with Crippen molar-refractivity contribution in [2.45, 2.75) is 38.0 Å². The molecule has 1 amide bonds. The van der Waals surface area contributed by atoms with Crippen LogP contribution in [0, 0.1) is 0 Å². The SMILES string of the molecule is CC1(C)N=C([C@@H]([NH3+])Cc2ccccc2)NC1=O.O=C([O-])C(F)(F)F. The number of carboxylic acids is 1. The number of carboxylic acid groups (broad SMARTS) is 1. The number of carbonyl (C=O) groups is 2. The number of benzene rings is 1. The van der Waals surface area contributed by atoms with Crippen molar-refractivity contribution in [2.24, 2.45) is 4.99 Å². The summed E-state index contributed by atoms with van der Waals surface area (Å²) in [5, 5.41) is 11.6. The average Bonchev–Trinajstić information content (AvgIpc) is 2.74. The summed E-state index contributed by atoms with van der Waals surface area (Å²) in [7, 11) is 0. The van der Waals surface area contributed by atoms with Gasteiger partial charge in [-0.05, 0) is 19.4 Å². The van der Waals surface area contributed by atoms with Gasteiger partial charge in [-0.3, -0.25) is 9.79 Å². The maximum Gasteiger partial charge on any atom is 0.430 e. The molecular formula is C15H18F3N3O3. The van der Waals surface area contributed by atoms with E-state index in [1.54, 1.807) is 0 Å². The maximum absolute atomic E-state index is 11.6. The molecule has 1 heterocycles. The van der Waals surface area contributed by atoms with Crippen molar-refractivity contribution in [3.63, 3.8) is 0 Å². The summed E-state index contributed by atoms with van der Waals surface area (Å²) in [6.45, 7) is 3.62. The molecule has 4 N–H and O–H groups in total. The summed E-state index contributed by atoms with van der Waals surface area (Å²) in [5.41, 5.74) is 4.62. The van der Waals surface area contributed by atoms with Gasteiger partial charge in [-0.25, -0.2) is 0 Å². The first-order valence-corrected chi connectivity index (χ1v) is 7.00. The highest BCUT2D eigenvalue weighted by Crippen LogP contribution is 2.15. The average molecular weight is 345 g/mol. The van der Waals surface area contributed by atoms with Gasteiger partial charge in [-0.1, -0.05) is 30.3 Å². The third kappa shape index (κ3) is 5.65. The lowest BCUT2D eigenvalue weighted by molar-refractivity contribution is -0.395. The molecule has 0 unspecified atom stereocenters. The van der Waals surface area contributed by atoms with Gasteiger partial charge in [0.05, 0.1) is 0 Å². The molecule has 0 aliphatic carbocycles. The molecule has 1 aromatic carbocycles. The molecule has 0 saturated carbocycles. The van der Waals surface area contributed by atoms with E-state index in [0.29, 0.717) is 5.84 Å². The van der Waals surface area contributed by atoms with E-state index < -0.39 is 17.7 Å². The molecule has 0 fully saturated rings. The van der Waals surface area contributed by atoms with Crippen LogP contribution in [0.1, 0.15) is 19.4 Å². The minimum Gasteiger partial charge on any atom is -0.542 e. The van der Waals surface area contributed by atoms with E-state index in [-0.39, 0.29) is 11.9 Å². The number of carbonyl (C=O) groups excluding carboxylic acids is 2. The molecule has 1 aliphatic rings. The van der Waals surface area contributed by atoms with E-state index >= 15 is 0 Å². The number of amides is 1. The lowest BCUT2D eigenvalue weighted by Gasteiger charge is -2.08. The van der Waals surface area contributed by atoms with Crippen LogP contribution in [0.15, 0.2) is 35.3 Å². The van der Waals surface area contributed by atoms with Crippen molar-refractivity contribution in [3.8, 4) is 0 Å². The van der Waals surface area contributed by atoms with Crippen LogP contribution in [0.3, 0.4) is 0 Å². The molecule has 9 heteroatoms. The summed E-state index contributed by atoms with van der Waals surface area (Å²) in [4.78, 5) is 24.8. The third-order valence-corrected chi connectivity index (χ3v) is 3.14. The number of hydrogen-bond donors (Lipinski definition) is 2. The minimum atomic E-state index is -5.19. The number of nitrogens with zero attached hydrogens (tertiary/aromatic N) is 1. The number of amidine groups is 1. The van der Waals surface area contributed by atoms with Crippen LogP contribution in [0.5, 0.6) is 0 Å². The Bertz CT molecular complexity index is 628. The highest BCUT2D eigenvalue weighted by atomic mass is 19.4. The van der Waals surface area contributed by atoms with Crippen molar-refractivity contribution in [1.29, 1.82) is 0 Å². The van der Waals surface area contributed by atoms with Crippen LogP contribution in [0.4, 0.5) is 13.2 Å². The molecule has 132 valence electrons. The first-order valence-electron chi connectivity index (χ1n) is 7.00. The molecule has 0 radical (unpaired) electrons. The quantitative estimate of drug-likeness (QED) is 0.767. The smallest absolute Gasteiger partial charge is 0.430 e. The van der Waals surface area contributed by atoms with Crippen LogP contribution in [-0.4, -0.2) is 35.5 Å². The molecule has 1 aromatic rings. The van der Waals surface area contributed by atoms with E-state index in [0.717, 1.165) is 6.42 Å². The summed E-state index contributed by atoms with van der Waals surface area (Å²) in [6.07, 6.45) is -4.41. The van der Waals surface area contributed by atoms with Gasteiger partial charge in [0.15, 0.2) is 5.84 Å². The zero-order valence-electron chi connectivity index (χ0n) is 13.2. The number of alkyl halides is 3. The maximum atomic E-state index is 11.6. The molecule has 24 heavy (non-hydrogen) atoms. The van der Waals surface area contributed by atoms with Gasteiger partial charge < -0.3 is 21.0 Å².